The number of nitrogens with one attached hydrogen (secondary N) is 2. The van der Waals surface area contributed by atoms with Gasteiger partial charge in [0.05, 0.1) is 18.4 Å². The van der Waals surface area contributed by atoms with E-state index in [1.807, 2.05) is 18.4 Å². The number of ether oxygens (including phenoxy) is 1. The molecule has 1 amide bonds. The van der Waals surface area contributed by atoms with E-state index in [-0.39, 0.29) is 11.5 Å². The molecule has 1 aromatic carbocycles. The van der Waals surface area contributed by atoms with Gasteiger partial charge < -0.3 is 15.4 Å². The van der Waals surface area contributed by atoms with E-state index < -0.39 is 5.91 Å². The first-order valence-corrected chi connectivity index (χ1v) is 9.10. The summed E-state index contributed by atoms with van der Waals surface area (Å²) in [6, 6.07) is 5.49. The molecule has 2 aromatic heterocycles. The molecule has 3 aromatic rings. The van der Waals surface area contributed by atoms with Crippen molar-refractivity contribution < 1.29 is 9.53 Å². The van der Waals surface area contributed by atoms with Crippen LogP contribution in [0.25, 0.3) is 11.4 Å². The van der Waals surface area contributed by atoms with E-state index in [4.69, 9.17) is 4.74 Å². The molecule has 0 unspecified atom stereocenters. The molecule has 140 valence electrons. The van der Waals surface area contributed by atoms with E-state index in [1.165, 1.54) is 18.8 Å². The van der Waals surface area contributed by atoms with Crippen LogP contribution in [0, 0.1) is 0 Å². The normalized spacial score (nSPS) is 10.5. The van der Waals surface area contributed by atoms with Gasteiger partial charge in [0.25, 0.3) is 5.91 Å². The fraction of sp³-hybridized carbons (Fsp3) is 0.250. The number of carbonyl (C=O) groups is 1. The second kappa shape index (κ2) is 7.99. The number of methoxy groups -OCH3 is 1. The number of para-hydroxylation sites is 1. The van der Waals surface area contributed by atoms with Gasteiger partial charge in [-0.3, -0.25) is 9.48 Å². The van der Waals surface area contributed by atoms with Crippen molar-refractivity contribution in [2.24, 2.45) is 7.05 Å². The van der Waals surface area contributed by atoms with Crippen LogP contribution in [-0.2, 0) is 7.05 Å². The second-order valence-corrected chi connectivity index (χ2v) is 6.10. The minimum atomic E-state index is -0.397. The Balaban J connectivity index is 2.07. The number of rotatable bonds is 6. The zero-order chi connectivity index (χ0) is 19.4. The summed E-state index contributed by atoms with van der Waals surface area (Å²) in [6.07, 6.45) is 3.44. The maximum atomic E-state index is 12.1. The monoisotopic (exact) mass is 386 g/mol. The van der Waals surface area contributed by atoms with Gasteiger partial charge in [0.2, 0.25) is 5.16 Å². The van der Waals surface area contributed by atoms with Crippen LogP contribution >= 0.6 is 11.8 Å². The van der Waals surface area contributed by atoms with Gasteiger partial charge in [0.15, 0.2) is 23.1 Å². The summed E-state index contributed by atoms with van der Waals surface area (Å²) in [7, 11) is 4.86. The molecule has 2 heterocycles. The average molecular weight is 386 g/mol. The third kappa shape index (κ3) is 3.82. The van der Waals surface area contributed by atoms with Gasteiger partial charge in [0.1, 0.15) is 6.33 Å². The van der Waals surface area contributed by atoms with Crippen LogP contribution in [-0.4, -0.2) is 56.3 Å². The van der Waals surface area contributed by atoms with Gasteiger partial charge >= 0.3 is 0 Å². The summed E-state index contributed by atoms with van der Waals surface area (Å²) < 4.78 is 7.18. The van der Waals surface area contributed by atoms with Crippen molar-refractivity contribution in [2.45, 2.75) is 5.16 Å². The molecular weight excluding hydrogens is 368 g/mol. The van der Waals surface area contributed by atoms with Crippen molar-refractivity contribution in [3.8, 4) is 17.1 Å². The number of nitrogens with zero attached hydrogens (tertiary/aromatic N) is 6. The van der Waals surface area contributed by atoms with Crippen LogP contribution in [0.15, 0.2) is 29.7 Å². The molecule has 0 fully saturated rings. The van der Waals surface area contributed by atoms with Gasteiger partial charge in [-0.2, -0.15) is 5.10 Å². The molecule has 0 radical (unpaired) electrons. The van der Waals surface area contributed by atoms with Crippen molar-refractivity contribution in [1.29, 1.82) is 0 Å². The predicted octanol–water partition coefficient (Wildman–Crippen LogP) is 1.50. The topological polar surface area (TPSA) is 120 Å². The number of hydrogen-bond acceptors (Lipinski definition) is 9. The van der Waals surface area contributed by atoms with Crippen LogP contribution in [0.5, 0.6) is 5.75 Å². The Labute approximate surface area is 159 Å². The van der Waals surface area contributed by atoms with Crippen LogP contribution in [0.1, 0.15) is 10.5 Å². The molecule has 0 aliphatic heterocycles. The molecule has 27 heavy (non-hydrogen) atoms. The molecule has 11 heteroatoms. The molecular formula is C16H18N8O2S. The Bertz CT molecular complexity index is 975. The summed E-state index contributed by atoms with van der Waals surface area (Å²) in [5.41, 5.74) is 1.38. The summed E-state index contributed by atoms with van der Waals surface area (Å²) in [5.74, 6) is 0.927. The van der Waals surface area contributed by atoms with Crippen LogP contribution < -0.4 is 15.4 Å². The van der Waals surface area contributed by atoms with Crippen LogP contribution in [0.2, 0.25) is 0 Å². The van der Waals surface area contributed by atoms with E-state index in [9.17, 15) is 4.79 Å². The fourth-order valence-electron chi connectivity index (χ4n) is 2.38. The zero-order valence-corrected chi connectivity index (χ0v) is 16.0. The quantitative estimate of drug-likeness (QED) is 0.607. The smallest absolute Gasteiger partial charge is 0.275 e. The maximum absolute atomic E-state index is 12.1. The van der Waals surface area contributed by atoms with Crippen molar-refractivity contribution >= 4 is 29.2 Å². The second-order valence-electron chi connectivity index (χ2n) is 5.33. The highest BCUT2D eigenvalue weighted by molar-refractivity contribution is 7.98. The SMILES string of the molecule is CNC(=O)c1nnc(SC)nc1Nc1cccc(-c2ncn(C)n2)c1OC. The lowest BCUT2D eigenvalue weighted by Gasteiger charge is -2.14. The Morgan fingerprint density at radius 3 is 2.74 bits per heavy atom. The average Bonchev–Trinajstić information content (AvgIpc) is 3.13. The molecule has 3 rings (SSSR count). The van der Waals surface area contributed by atoms with E-state index in [2.05, 4.69) is 35.9 Å². The Morgan fingerprint density at radius 1 is 1.30 bits per heavy atom. The van der Waals surface area contributed by atoms with Gasteiger partial charge in [-0.1, -0.05) is 17.8 Å². The third-order valence-corrected chi connectivity index (χ3v) is 4.14. The van der Waals surface area contributed by atoms with Crippen LogP contribution in [0.4, 0.5) is 11.5 Å². The lowest BCUT2D eigenvalue weighted by Crippen LogP contribution is -2.22. The van der Waals surface area contributed by atoms with Crippen molar-refractivity contribution in [2.75, 3.05) is 25.7 Å². The molecule has 2 N–H and O–H groups in total. The molecule has 0 bridgehead atoms. The molecule has 0 spiro atoms. The summed E-state index contributed by atoms with van der Waals surface area (Å²) in [4.78, 5) is 20.7. The molecule has 0 saturated heterocycles. The lowest BCUT2D eigenvalue weighted by atomic mass is 10.1. The third-order valence-electron chi connectivity index (χ3n) is 3.60. The first-order valence-electron chi connectivity index (χ1n) is 7.88. The van der Waals surface area contributed by atoms with Crippen molar-refractivity contribution in [1.82, 2.24) is 35.3 Å². The largest absolute Gasteiger partial charge is 0.494 e. The van der Waals surface area contributed by atoms with E-state index >= 15 is 0 Å². The zero-order valence-electron chi connectivity index (χ0n) is 15.2. The highest BCUT2D eigenvalue weighted by Crippen LogP contribution is 2.36. The number of amides is 1. The van der Waals surface area contributed by atoms with Crippen molar-refractivity contribution in [3.05, 3.63) is 30.2 Å². The van der Waals surface area contributed by atoms with Gasteiger partial charge in [-0.05, 0) is 18.4 Å². The standard InChI is InChI=1S/C16H18N8O2S/c1-17-15(25)11-14(20-16(27-4)22-21-11)19-10-7-5-6-9(12(10)26-3)13-18-8-24(2)23-13/h5-8H,1-4H3,(H,17,25)(H,19,20,22). The Hall–Kier alpha value is -3.21. The van der Waals surface area contributed by atoms with Gasteiger partial charge in [-0.15, -0.1) is 10.2 Å². The van der Waals surface area contributed by atoms with Gasteiger partial charge in [-0.25, -0.2) is 9.97 Å². The van der Waals surface area contributed by atoms with Crippen molar-refractivity contribution in [3.63, 3.8) is 0 Å². The number of carbonyl (C=O) groups excluding carboxylic acids is 1. The number of aryl methyl sites for hydroxylation is 1. The summed E-state index contributed by atoms with van der Waals surface area (Å²) >= 11 is 1.32. The maximum Gasteiger partial charge on any atom is 0.275 e. The molecule has 10 nitrogen and oxygen atoms in total. The number of thioether (sulfide) groups is 1. The van der Waals surface area contributed by atoms with Crippen LogP contribution in [0.3, 0.4) is 0 Å². The minimum absolute atomic E-state index is 0.0821. The first-order chi connectivity index (χ1) is 13.1. The lowest BCUT2D eigenvalue weighted by molar-refractivity contribution is 0.0957. The van der Waals surface area contributed by atoms with Gasteiger partial charge in [0, 0.05) is 14.1 Å². The molecule has 0 saturated carbocycles. The number of benzene rings is 1. The fourth-order valence-corrected chi connectivity index (χ4v) is 2.68. The first kappa shape index (κ1) is 18.6. The summed E-state index contributed by atoms with van der Waals surface area (Å²) in [5, 5.41) is 18.3. The minimum Gasteiger partial charge on any atom is -0.494 e. The Morgan fingerprint density at radius 2 is 2.11 bits per heavy atom. The Kier molecular flexibility index (Phi) is 5.50. The van der Waals surface area contributed by atoms with E-state index in [0.29, 0.717) is 28.0 Å². The summed E-state index contributed by atoms with van der Waals surface area (Å²) in [6.45, 7) is 0. The molecule has 0 aliphatic rings. The highest BCUT2D eigenvalue weighted by Gasteiger charge is 2.19. The number of hydrogen-bond donors (Lipinski definition) is 2. The highest BCUT2D eigenvalue weighted by atomic mass is 32.2. The molecule has 0 atom stereocenters. The van der Waals surface area contributed by atoms with E-state index in [0.717, 1.165) is 0 Å². The van der Waals surface area contributed by atoms with E-state index in [1.54, 1.807) is 31.2 Å². The number of aromatic nitrogens is 6. The number of anilines is 2. The predicted molar refractivity (Wildman–Crippen MR) is 101 cm³/mol. The molecule has 0 aliphatic carbocycles.